The van der Waals surface area contributed by atoms with Gasteiger partial charge in [-0.05, 0) is 37.0 Å². The van der Waals surface area contributed by atoms with Gasteiger partial charge >= 0.3 is 0 Å². The van der Waals surface area contributed by atoms with E-state index < -0.39 is 0 Å². The highest BCUT2D eigenvalue weighted by Crippen LogP contribution is 2.73. The predicted octanol–water partition coefficient (Wildman–Crippen LogP) is 3.99. The summed E-state index contributed by atoms with van der Waals surface area (Å²) < 4.78 is 12.4. The molecule has 0 radical (unpaired) electrons. The molecule has 5 atom stereocenters. The normalized spacial score (nSPS) is 54.2. The van der Waals surface area contributed by atoms with Crippen molar-refractivity contribution in [1.29, 1.82) is 0 Å². The summed E-state index contributed by atoms with van der Waals surface area (Å²) in [5, 5.41) is 0. The third-order valence-corrected chi connectivity index (χ3v) is 6.92. The van der Waals surface area contributed by atoms with E-state index in [1.807, 2.05) is 0 Å². The molecule has 3 rings (SSSR count). The van der Waals surface area contributed by atoms with Gasteiger partial charge in [-0.25, -0.2) is 0 Å². The standard InChI is InChI=1S/C16H28O2/c1-6-13-17-10-11(2)16(18-13)9-12-7-8-15(16,5)14(12,3)4/h11-13H,6-10H2,1-5H3. The van der Waals surface area contributed by atoms with Crippen molar-refractivity contribution in [3.8, 4) is 0 Å². The molecule has 2 aliphatic carbocycles. The Labute approximate surface area is 111 Å². The predicted molar refractivity (Wildman–Crippen MR) is 72.2 cm³/mol. The van der Waals surface area contributed by atoms with Crippen molar-refractivity contribution in [3.05, 3.63) is 0 Å². The zero-order valence-electron chi connectivity index (χ0n) is 12.6. The van der Waals surface area contributed by atoms with Gasteiger partial charge < -0.3 is 9.47 Å². The lowest BCUT2D eigenvalue weighted by Crippen LogP contribution is -2.59. The van der Waals surface area contributed by atoms with Gasteiger partial charge in [0.25, 0.3) is 0 Å². The molecule has 3 fully saturated rings. The number of hydrogen-bond acceptors (Lipinski definition) is 2. The number of hydrogen-bond donors (Lipinski definition) is 0. The minimum absolute atomic E-state index is 0.0215. The van der Waals surface area contributed by atoms with Gasteiger partial charge in [0.2, 0.25) is 0 Å². The van der Waals surface area contributed by atoms with E-state index in [1.54, 1.807) is 0 Å². The van der Waals surface area contributed by atoms with Crippen LogP contribution in [-0.4, -0.2) is 18.5 Å². The summed E-state index contributed by atoms with van der Waals surface area (Å²) in [4.78, 5) is 0. The van der Waals surface area contributed by atoms with Crippen LogP contribution in [0.15, 0.2) is 0 Å². The first kappa shape index (κ1) is 12.9. The highest BCUT2D eigenvalue weighted by molar-refractivity contribution is 5.20. The van der Waals surface area contributed by atoms with E-state index in [2.05, 4.69) is 34.6 Å². The van der Waals surface area contributed by atoms with E-state index in [4.69, 9.17) is 9.47 Å². The van der Waals surface area contributed by atoms with Crippen molar-refractivity contribution in [2.45, 2.75) is 72.2 Å². The lowest BCUT2D eigenvalue weighted by atomic mass is 9.60. The second kappa shape index (κ2) is 3.73. The smallest absolute Gasteiger partial charge is 0.158 e. The Morgan fingerprint density at radius 3 is 2.44 bits per heavy atom. The molecule has 1 aliphatic heterocycles. The maximum atomic E-state index is 6.55. The molecule has 5 unspecified atom stereocenters. The van der Waals surface area contributed by atoms with Crippen LogP contribution < -0.4 is 0 Å². The van der Waals surface area contributed by atoms with Gasteiger partial charge in [0.05, 0.1) is 12.2 Å². The molecule has 104 valence electrons. The van der Waals surface area contributed by atoms with Gasteiger partial charge in [0.15, 0.2) is 6.29 Å². The number of ether oxygens (including phenoxy) is 2. The summed E-state index contributed by atoms with van der Waals surface area (Å²) in [6, 6.07) is 0. The second-order valence-electron chi connectivity index (χ2n) is 7.57. The monoisotopic (exact) mass is 252 g/mol. The lowest BCUT2D eigenvalue weighted by Gasteiger charge is -2.55. The van der Waals surface area contributed by atoms with Crippen LogP contribution in [0, 0.1) is 22.7 Å². The van der Waals surface area contributed by atoms with Crippen LogP contribution in [0.4, 0.5) is 0 Å². The largest absolute Gasteiger partial charge is 0.352 e. The van der Waals surface area contributed by atoms with E-state index in [1.165, 1.54) is 19.3 Å². The highest BCUT2D eigenvalue weighted by atomic mass is 16.7. The van der Waals surface area contributed by atoms with E-state index in [0.717, 1.165) is 18.9 Å². The molecule has 3 aliphatic rings. The first-order valence-electron chi connectivity index (χ1n) is 7.67. The summed E-state index contributed by atoms with van der Waals surface area (Å²) in [5.41, 5.74) is 0.802. The average Bonchev–Trinajstić information content (AvgIpc) is 2.65. The highest BCUT2D eigenvalue weighted by Gasteiger charge is 2.71. The summed E-state index contributed by atoms with van der Waals surface area (Å²) in [7, 11) is 0. The van der Waals surface area contributed by atoms with Gasteiger partial charge in [0.1, 0.15) is 0 Å². The van der Waals surface area contributed by atoms with Gasteiger partial charge in [0, 0.05) is 11.3 Å². The minimum atomic E-state index is 0.0215. The quantitative estimate of drug-likeness (QED) is 0.702. The van der Waals surface area contributed by atoms with Crippen LogP contribution in [0.1, 0.15) is 60.3 Å². The molecule has 2 saturated carbocycles. The van der Waals surface area contributed by atoms with Crippen molar-refractivity contribution >= 4 is 0 Å². The van der Waals surface area contributed by atoms with Crippen LogP contribution >= 0.6 is 0 Å². The molecular formula is C16H28O2. The van der Waals surface area contributed by atoms with Crippen molar-refractivity contribution in [1.82, 2.24) is 0 Å². The Kier molecular flexibility index (Phi) is 2.68. The Bertz CT molecular complexity index is 351. The molecule has 2 bridgehead atoms. The topological polar surface area (TPSA) is 18.5 Å². The average molecular weight is 252 g/mol. The van der Waals surface area contributed by atoms with Gasteiger partial charge in [-0.2, -0.15) is 0 Å². The van der Waals surface area contributed by atoms with Gasteiger partial charge in [-0.3, -0.25) is 0 Å². The van der Waals surface area contributed by atoms with Crippen molar-refractivity contribution in [3.63, 3.8) is 0 Å². The molecule has 1 heterocycles. The van der Waals surface area contributed by atoms with E-state index >= 15 is 0 Å². The number of fused-ring (bicyclic) bond motifs is 3. The Balaban J connectivity index is 2.00. The molecule has 0 aromatic heterocycles. The van der Waals surface area contributed by atoms with Crippen LogP contribution in [-0.2, 0) is 9.47 Å². The van der Waals surface area contributed by atoms with E-state index in [-0.39, 0.29) is 11.9 Å². The third kappa shape index (κ3) is 1.27. The van der Waals surface area contributed by atoms with Crippen molar-refractivity contribution in [2.24, 2.45) is 22.7 Å². The second-order valence-corrected chi connectivity index (χ2v) is 7.57. The maximum absolute atomic E-state index is 6.55. The Morgan fingerprint density at radius 2 is 1.94 bits per heavy atom. The Hall–Kier alpha value is -0.0800. The fourth-order valence-corrected chi connectivity index (χ4v) is 5.20. The summed E-state index contributed by atoms with van der Waals surface area (Å²) in [5.74, 6) is 1.36. The SMILES string of the molecule is CCC1OCC(C)C2(CC3CCC2(C)C3(C)C)O1. The van der Waals surface area contributed by atoms with Crippen molar-refractivity contribution < 1.29 is 9.47 Å². The molecule has 2 heteroatoms. The molecule has 2 nitrogen and oxygen atoms in total. The summed E-state index contributed by atoms with van der Waals surface area (Å²) >= 11 is 0. The van der Waals surface area contributed by atoms with E-state index in [0.29, 0.717) is 16.7 Å². The molecule has 0 aromatic rings. The molecule has 0 amide bonds. The zero-order chi connectivity index (χ0) is 13.2. The maximum Gasteiger partial charge on any atom is 0.158 e. The zero-order valence-corrected chi connectivity index (χ0v) is 12.6. The molecule has 0 N–H and O–H groups in total. The van der Waals surface area contributed by atoms with E-state index in [9.17, 15) is 0 Å². The van der Waals surface area contributed by atoms with Crippen LogP contribution in [0.5, 0.6) is 0 Å². The van der Waals surface area contributed by atoms with Gasteiger partial charge in [-0.1, -0.05) is 34.6 Å². The first-order valence-corrected chi connectivity index (χ1v) is 7.67. The fourth-order valence-electron chi connectivity index (χ4n) is 5.20. The summed E-state index contributed by atoms with van der Waals surface area (Å²) in [6.07, 6.45) is 4.95. The Morgan fingerprint density at radius 1 is 1.22 bits per heavy atom. The van der Waals surface area contributed by atoms with Crippen molar-refractivity contribution in [2.75, 3.05) is 6.61 Å². The lowest BCUT2D eigenvalue weighted by molar-refractivity contribution is -0.314. The molecule has 18 heavy (non-hydrogen) atoms. The van der Waals surface area contributed by atoms with Crippen LogP contribution in [0.3, 0.4) is 0 Å². The minimum Gasteiger partial charge on any atom is -0.352 e. The molecular weight excluding hydrogens is 224 g/mol. The first-order chi connectivity index (χ1) is 8.37. The van der Waals surface area contributed by atoms with Crippen LogP contribution in [0.2, 0.25) is 0 Å². The summed E-state index contributed by atoms with van der Waals surface area (Å²) in [6.45, 7) is 12.8. The number of rotatable bonds is 1. The fraction of sp³-hybridized carbons (Fsp3) is 1.00. The molecule has 1 spiro atoms. The van der Waals surface area contributed by atoms with Gasteiger partial charge in [-0.15, -0.1) is 0 Å². The van der Waals surface area contributed by atoms with Crippen LogP contribution in [0.25, 0.3) is 0 Å². The molecule has 0 aromatic carbocycles. The third-order valence-electron chi connectivity index (χ3n) is 6.92. The molecule has 1 saturated heterocycles.